The van der Waals surface area contributed by atoms with Gasteiger partial charge in [-0.25, -0.2) is 9.18 Å². The van der Waals surface area contributed by atoms with Crippen LogP contribution in [0.5, 0.6) is 5.75 Å². The molecule has 34 heavy (non-hydrogen) atoms. The summed E-state index contributed by atoms with van der Waals surface area (Å²) in [6.07, 6.45) is -4.75. The van der Waals surface area contributed by atoms with E-state index in [0.29, 0.717) is 17.0 Å². The lowest BCUT2D eigenvalue weighted by atomic mass is 9.88. The summed E-state index contributed by atoms with van der Waals surface area (Å²) in [4.78, 5) is 26.4. The number of amides is 1. The molecule has 10 heteroatoms. The number of halogens is 5. The molecule has 4 rings (SSSR count). The molecule has 0 spiro atoms. The Morgan fingerprint density at radius 3 is 2.38 bits per heavy atom. The van der Waals surface area contributed by atoms with Crippen molar-refractivity contribution in [2.24, 2.45) is 0 Å². The predicted octanol–water partition coefficient (Wildman–Crippen LogP) is 5.74. The summed E-state index contributed by atoms with van der Waals surface area (Å²) in [6, 6.07) is 13.9. The molecule has 1 amide bonds. The monoisotopic (exact) mass is 493 g/mol. The zero-order valence-electron chi connectivity index (χ0n) is 17.5. The standard InChI is InChI=1S/C24H16ClF4NO4/c1-33-20-10-8-16(25)12-18(20)23(26)17-9-7-15(24(27,28)29)11-19(17)30(22(23)32)13-34-21(31)14-5-3-2-4-6-14/h2-12H,13H2,1H3. The van der Waals surface area contributed by atoms with Crippen LogP contribution in [0.25, 0.3) is 0 Å². The summed E-state index contributed by atoms with van der Waals surface area (Å²) < 4.78 is 67.1. The number of esters is 1. The highest BCUT2D eigenvalue weighted by atomic mass is 35.5. The largest absolute Gasteiger partial charge is 0.496 e. The number of benzene rings is 3. The number of methoxy groups -OCH3 is 1. The molecule has 1 unspecified atom stereocenters. The first-order valence-electron chi connectivity index (χ1n) is 9.86. The van der Waals surface area contributed by atoms with Gasteiger partial charge in [-0.2, -0.15) is 13.2 Å². The van der Waals surface area contributed by atoms with E-state index in [9.17, 15) is 22.8 Å². The predicted molar refractivity (Wildman–Crippen MR) is 116 cm³/mol. The minimum Gasteiger partial charge on any atom is -0.496 e. The maximum Gasteiger partial charge on any atom is 0.416 e. The molecule has 0 aromatic heterocycles. The minimum atomic E-state index is -4.75. The number of carbonyl (C=O) groups excluding carboxylic acids is 2. The first kappa shape index (κ1) is 23.6. The normalized spacial score (nSPS) is 17.5. The van der Waals surface area contributed by atoms with E-state index in [4.69, 9.17) is 21.1 Å². The van der Waals surface area contributed by atoms with Gasteiger partial charge in [-0.1, -0.05) is 35.9 Å². The molecule has 1 aliphatic rings. The quantitative estimate of drug-likeness (QED) is 0.336. The summed E-state index contributed by atoms with van der Waals surface area (Å²) >= 11 is 6.02. The fraction of sp³-hybridized carbons (Fsp3) is 0.167. The summed E-state index contributed by atoms with van der Waals surface area (Å²) in [6.45, 7) is -0.810. The Morgan fingerprint density at radius 1 is 1.03 bits per heavy atom. The fourth-order valence-corrected chi connectivity index (χ4v) is 3.92. The lowest BCUT2D eigenvalue weighted by Gasteiger charge is -2.23. The SMILES string of the molecule is COc1ccc(Cl)cc1C1(F)C(=O)N(COC(=O)c2ccccc2)c2cc(C(F)(F)F)ccc21. The first-order valence-corrected chi connectivity index (χ1v) is 10.2. The number of rotatable bonds is 5. The number of fused-ring (bicyclic) bond motifs is 1. The Morgan fingerprint density at radius 2 is 1.74 bits per heavy atom. The van der Waals surface area contributed by atoms with Crippen LogP contribution in [0, 0.1) is 0 Å². The van der Waals surface area contributed by atoms with E-state index in [2.05, 4.69) is 0 Å². The van der Waals surface area contributed by atoms with Gasteiger partial charge in [-0.3, -0.25) is 9.69 Å². The molecule has 176 valence electrons. The van der Waals surface area contributed by atoms with Crippen molar-refractivity contribution in [3.8, 4) is 5.75 Å². The van der Waals surface area contributed by atoms with Gasteiger partial charge in [0.25, 0.3) is 5.91 Å². The summed E-state index contributed by atoms with van der Waals surface area (Å²) in [5, 5.41) is 0.0862. The average molecular weight is 494 g/mol. The van der Waals surface area contributed by atoms with E-state index >= 15 is 4.39 Å². The van der Waals surface area contributed by atoms with Gasteiger partial charge in [0.2, 0.25) is 5.67 Å². The highest BCUT2D eigenvalue weighted by Crippen LogP contribution is 2.51. The van der Waals surface area contributed by atoms with E-state index in [1.165, 1.54) is 37.4 Å². The molecule has 1 aliphatic heterocycles. The second kappa shape index (κ2) is 8.64. The lowest BCUT2D eigenvalue weighted by molar-refractivity contribution is -0.137. The van der Waals surface area contributed by atoms with Gasteiger partial charge in [0.05, 0.1) is 23.9 Å². The third-order valence-electron chi connectivity index (χ3n) is 5.39. The van der Waals surface area contributed by atoms with E-state index in [-0.39, 0.29) is 33.1 Å². The van der Waals surface area contributed by atoms with Crippen molar-refractivity contribution in [1.82, 2.24) is 0 Å². The van der Waals surface area contributed by atoms with E-state index in [1.807, 2.05) is 0 Å². The maximum atomic E-state index is 16.6. The van der Waals surface area contributed by atoms with Crippen molar-refractivity contribution < 1.29 is 36.6 Å². The summed E-state index contributed by atoms with van der Waals surface area (Å²) in [5.74, 6) is -2.11. The Hall–Kier alpha value is -3.59. The van der Waals surface area contributed by atoms with Crippen molar-refractivity contribution in [3.63, 3.8) is 0 Å². The van der Waals surface area contributed by atoms with Gasteiger partial charge in [0.1, 0.15) is 5.75 Å². The number of ether oxygens (including phenoxy) is 2. The van der Waals surface area contributed by atoms with Crippen LogP contribution < -0.4 is 9.64 Å². The number of alkyl halides is 4. The number of hydrogen-bond donors (Lipinski definition) is 0. The number of hydrogen-bond acceptors (Lipinski definition) is 4. The van der Waals surface area contributed by atoms with Crippen LogP contribution in [0.15, 0.2) is 66.7 Å². The molecule has 0 N–H and O–H groups in total. The summed E-state index contributed by atoms with van der Waals surface area (Å²) in [7, 11) is 1.25. The maximum absolute atomic E-state index is 16.6. The van der Waals surface area contributed by atoms with E-state index in [1.54, 1.807) is 18.2 Å². The highest BCUT2D eigenvalue weighted by Gasteiger charge is 2.55. The van der Waals surface area contributed by atoms with Gasteiger partial charge in [-0.05, 0) is 42.5 Å². The van der Waals surface area contributed by atoms with E-state index < -0.39 is 36.0 Å². The molecular formula is C24H16ClF4NO4. The molecule has 1 heterocycles. The second-order valence-corrected chi connectivity index (χ2v) is 7.83. The summed E-state index contributed by atoms with van der Waals surface area (Å²) in [5.41, 5.74) is -4.91. The van der Waals surface area contributed by atoms with Gasteiger partial charge < -0.3 is 9.47 Å². The van der Waals surface area contributed by atoms with Gasteiger partial charge in [-0.15, -0.1) is 0 Å². The Labute approximate surface area is 196 Å². The van der Waals surface area contributed by atoms with E-state index in [0.717, 1.165) is 6.07 Å². The third-order valence-corrected chi connectivity index (χ3v) is 5.63. The van der Waals surface area contributed by atoms with Crippen LogP contribution in [-0.2, 0) is 21.4 Å². The number of anilines is 1. The molecule has 3 aromatic carbocycles. The Kier molecular flexibility index (Phi) is 5.99. The molecule has 5 nitrogen and oxygen atoms in total. The Bertz CT molecular complexity index is 1270. The third kappa shape index (κ3) is 3.96. The number of nitrogens with zero attached hydrogens (tertiary/aromatic N) is 1. The van der Waals surface area contributed by atoms with Crippen LogP contribution in [0.4, 0.5) is 23.2 Å². The van der Waals surface area contributed by atoms with Crippen molar-refractivity contribution in [1.29, 1.82) is 0 Å². The molecule has 3 aromatic rings. The van der Waals surface area contributed by atoms with Crippen molar-refractivity contribution in [3.05, 3.63) is 94.0 Å². The zero-order chi connectivity index (χ0) is 24.7. The van der Waals surface area contributed by atoms with Gasteiger partial charge >= 0.3 is 12.1 Å². The van der Waals surface area contributed by atoms with Crippen LogP contribution in [0.2, 0.25) is 5.02 Å². The molecule has 0 saturated heterocycles. The zero-order valence-corrected chi connectivity index (χ0v) is 18.3. The van der Waals surface area contributed by atoms with Crippen molar-refractivity contribution in [2.45, 2.75) is 11.8 Å². The molecule has 0 radical (unpaired) electrons. The first-order chi connectivity index (χ1) is 16.1. The van der Waals surface area contributed by atoms with Gasteiger partial charge in [0.15, 0.2) is 6.73 Å². The minimum absolute atomic E-state index is 0.0331. The average Bonchev–Trinajstić information content (AvgIpc) is 3.04. The molecule has 0 fully saturated rings. The van der Waals surface area contributed by atoms with Crippen molar-refractivity contribution >= 4 is 29.2 Å². The number of carbonyl (C=O) groups is 2. The van der Waals surface area contributed by atoms with Crippen molar-refractivity contribution in [2.75, 3.05) is 18.7 Å². The van der Waals surface area contributed by atoms with Crippen LogP contribution in [0.1, 0.15) is 27.0 Å². The topological polar surface area (TPSA) is 55.8 Å². The molecule has 0 bridgehead atoms. The van der Waals surface area contributed by atoms with Crippen LogP contribution in [-0.4, -0.2) is 25.7 Å². The molecular weight excluding hydrogens is 478 g/mol. The van der Waals surface area contributed by atoms with Gasteiger partial charge in [0, 0.05) is 16.1 Å². The lowest BCUT2D eigenvalue weighted by Crippen LogP contribution is -2.40. The highest BCUT2D eigenvalue weighted by molar-refractivity contribution is 6.30. The second-order valence-electron chi connectivity index (χ2n) is 7.39. The fourth-order valence-electron chi connectivity index (χ4n) is 3.75. The van der Waals surface area contributed by atoms with Crippen LogP contribution in [0.3, 0.4) is 0 Å². The van der Waals surface area contributed by atoms with Crippen LogP contribution >= 0.6 is 11.6 Å². The molecule has 0 saturated carbocycles. The molecule has 0 aliphatic carbocycles. The smallest absolute Gasteiger partial charge is 0.416 e. The Balaban J connectivity index is 1.80. The molecule has 1 atom stereocenters.